The number of ether oxygens (including phenoxy) is 3. The highest BCUT2D eigenvalue weighted by Gasteiger charge is 2.51. The monoisotopic (exact) mass is 452 g/mol. The summed E-state index contributed by atoms with van der Waals surface area (Å²) >= 11 is 0. The number of hydrogen-bond donors (Lipinski definition) is 1. The van der Waals surface area contributed by atoms with Gasteiger partial charge in [0.25, 0.3) is 0 Å². The molecule has 0 bridgehead atoms. The van der Waals surface area contributed by atoms with E-state index in [1.54, 1.807) is 12.1 Å². The standard InChI is InChI=1S/C26H32N2O5/c1-28(16-19-33-22-6-4-3-5-7-22)26(14-17-32-18-15-26)24(30)27-25(12-13-25)21-10-8-20(9-11-21)23(29)31-2/h3-11H,12-19H2,1-2H3,(H,27,30). The van der Waals surface area contributed by atoms with Crippen molar-refractivity contribution >= 4 is 11.9 Å². The Morgan fingerprint density at radius 1 is 1.00 bits per heavy atom. The number of amides is 1. The molecule has 1 saturated heterocycles. The molecule has 2 aliphatic rings. The molecular formula is C26H32N2O5. The lowest BCUT2D eigenvalue weighted by Crippen LogP contribution is -2.62. The molecule has 2 aromatic carbocycles. The Morgan fingerprint density at radius 3 is 2.27 bits per heavy atom. The number of esters is 1. The molecule has 0 radical (unpaired) electrons. The van der Waals surface area contributed by atoms with Gasteiger partial charge in [-0.15, -0.1) is 0 Å². The smallest absolute Gasteiger partial charge is 0.337 e. The van der Waals surface area contributed by atoms with Gasteiger partial charge in [-0.25, -0.2) is 4.79 Å². The second-order valence-corrected chi connectivity index (χ2v) is 8.83. The fourth-order valence-corrected chi connectivity index (χ4v) is 4.51. The zero-order valence-electron chi connectivity index (χ0n) is 19.3. The minimum Gasteiger partial charge on any atom is -0.492 e. The Bertz CT molecular complexity index is 950. The van der Waals surface area contributed by atoms with Crippen molar-refractivity contribution in [3.8, 4) is 5.75 Å². The number of nitrogens with zero attached hydrogens (tertiary/aromatic N) is 1. The average Bonchev–Trinajstić information content (AvgIpc) is 3.65. The number of hydrogen-bond acceptors (Lipinski definition) is 6. The van der Waals surface area contributed by atoms with Gasteiger partial charge in [0.05, 0.1) is 18.2 Å². The quantitative estimate of drug-likeness (QED) is 0.589. The Balaban J connectivity index is 1.44. The van der Waals surface area contributed by atoms with E-state index in [4.69, 9.17) is 14.2 Å². The summed E-state index contributed by atoms with van der Waals surface area (Å²) in [6, 6.07) is 17.0. The second-order valence-electron chi connectivity index (χ2n) is 8.83. The molecule has 0 atom stereocenters. The van der Waals surface area contributed by atoms with E-state index in [1.807, 2.05) is 49.5 Å². The van der Waals surface area contributed by atoms with Crippen LogP contribution >= 0.6 is 0 Å². The van der Waals surface area contributed by atoms with Gasteiger partial charge in [0.15, 0.2) is 0 Å². The van der Waals surface area contributed by atoms with Crippen LogP contribution in [0.4, 0.5) is 0 Å². The number of nitrogens with one attached hydrogen (secondary N) is 1. The average molecular weight is 453 g/mol. The molecule has 2 aromatic rings. The summed E-state index contributed by atoms with van der Waals surface area (Å²) in [7, 11) is 3.36. The molecule has 7 heteroatoms. The van der Waals surface area contributed by atoms with Crippen LogP contribution < -0.4 is 10.1 Å². The molecule has 2 fully saturated rings. The van der Waals surface area contributed by atoms with Crippen molar-refractivity contribution in [3.63, 3.8) is 0 Å². The van der Waals surface area contributed by atoms with Gasteiger partial charge in [0.1, 0.15) is 17.9 Å². The third-order valence-electron chi connectivity index (χ3n) is 6.87. The molecule has 1 heterocycles. The molecule has 1 saturated carbocycles. The van der Waals surface area contributed by atoms with Gasteiger partial charge in [-0.1, -0.05) is 30.3 Å². The van der Waals surface area contributed by atoms with E-state index >= 15 is 0 Å². The summed E-state index contributed by atoms with van der Waals surface area (Å²) in [6.45, 7) is 2.23. The predicted molar refractivity (Wildman–Crippen MR) is 124 cm³/mol. The molecule has 1 aliphatic carbocycles. The molecule has 0 unspecified atom stereocenters. The number of rotatable bonds is 9. The first-order chi connectivity index (χ1) is 16.0. The number of methoxy groups -OCH3 is 1. The van der Waals surface area contributed by atoms with Gasteiger partial charge in [-0.2, -0.15) is 0 Å². The van der Waals surface area contributed by atoms with Crippen molar-refractivity contribution in [2.75, 3.05) is 40.5 Å². The van der Waals surface area contributed by atoms with Gasteiger partial charge < -0.3 is 19.5 Å². The van der Waals surface area contributed by atoms with E-state index in [0.717, 1.165) is 24.2 Å². The van der Waals surface area contributed by atoms with E-state index < -0.39 is 5.54 Å². The van der Waals surface area contributed by atoms with Crippen molar-refractivity contribution < 1.29 is 23.8 Å². The summed E-state index contributed by atoms with van der Waals surface area (Å²) < 4.78 is 16.3. The van der Waals surface area contributed by atoms with Gasteiger partial charge in [-0.3, -0.25) is 9.69 Å². The molecule has 1 amide bonds. The summed E-state index contributed by atoms with van der Waals surface area (Å²) in [5, 5.41) is 3.35. The minimum atomic E-state index is -0.639. The fourth-order valence-electron chi connectivity index (χ4n) is 4.51. The van der Waals surface area contributed by atoms with Crippen LogP contribution in [-0.4, -0.2) is 62.8 Å². The fraction of sp³-hybridized carbons (Fsp3) is 0.462. The maximum atomic E-state index is 13.7. The number of likely N-dealkylation sites (N-methyl/N-ethyl adjacent to an activating group) is 1. The molecule has 0 spiro atoms. The molecular weight excluding hydrogens is 420 g/mol. The second kappa shape index (κ2) is 9.93. The lowest BCUT2D eigenvalue weighted by molar-refractivity contribution is -0.140. The Hall–Kier alpha value is -2.90. The highest BCUT2D eigenvalue weighted by atomic mass is 16.5. The largest absolute Gasteiger partial charge is 0.492 e. The molecule has 1 N–H and O–H groups in total. The van der Waals surface area contributed by atoms with Gasteiger partial charge in [-0.05, 0) is 62.6 Å². The highest BCUT2D eigenvalue weighted by Crippen LogP contribution is 2.46. The number of carbonyl (C=O) groups excluding carboxylic acids is 2. The van der Waals surface area contributed by atoms with Crippen molar-refractivity contribution in [2.45, 2.75) is 36.8 Å². The van der Waals surface area contributed by atoms with Crippen LogP contribution in [-0.2, 0) is 19.8 Å². The van der Waals surface area contributed by atoms with Crippen molar-refractivity contribution in [1.29, 1.82) is 0 Å². The van der Waals surface area contributed by atoms with Gasteiger partial charge in [0.2, 0.25) is 5.91 Å². The van der Waals surface area contributed by atoms with Crippen molar-refractivity contribution in [3.05, 3.63) is 65.7 Å². The van der Waals surface area contributed by atoms with Crippen LogP contribution in [0.15, 0.2) is 54.6 Å². The van der Waals surface area contributed by atoms with Crippen LogP contribution in [0.1, 0.15) is 41.6 Å². The first-order valence-corrected chi connectivity index (χ1v) is 11.5. The first kappa shape index (κ1) is 23.3. The number of carbonyl (C=O) groups is 2. The molecule has 7 nitrogen and oxygen atoms in total. The zero-order chi connectivity index (χ0) is 23.3. The zero-order valence-corrected chi connectivity index (χ0v) is 19.3. The summed E-state index contributed by atoms with van der Waals surface area (Å²) in [5.74, 6) is 0.488. The predicted octanol–water partition coefficient (Wildman–Crippen LogP) is 3.14. The van der Waals surface area contributed by atoms with Crippen molar-refractivity contribution in [2.24, 2.45) is 0 Å². The van der Waals surface area contributed by atoms with Gasteiger partial charge in [0, 0.05) is 19.8 Å². The lowest BCUT2D eigenvalue weighted by atomic mass is 9.86. The summed E-state index contributed by atoms with van der Waals surface area (Å²) in [5.41, 5.74) is 0.501. The van der Waals surface area contributed by atoms with Crippen LogP contribution in [0.5, 0.6) is 5.75 Å². The third kappa shape index (κ3) is 5.04. The summed E-state index contributed by atoms with van der Waals surface area (Å²) in [6.07, 6.45) is 3.03. The van der Waals surface area contributed by atoms with Crippen LogP contribution in [0, 0.1) is 0 Å². The topological polar surface area (TPSA) is 77.1 Å². The summed E-state index contributed by atoms with van der Waals surface area (Å²) in [4.78, 5) is 27.6. The Morgan fingerprint density at radius 2 is 1.67 bits per heavy atom. The Labute approximate surface area is 195 Å². The van der Waals surface area contributed by atoms with E-state index in [1.165, 1.54) is 7.11 Å². The van der Waals surface area contributed by atoms with Gasteiger partial charge >= 0.3 is 5.97 Å². The number of benzene rings is 2. The molecule has 1 aliphatic heterocycles. The maximum absolute atomic E-state index is 13.7. The first-order valence-electron chi connectivity index (χ1n) is 11.5. The third-order valence-corrected chi connectivity index (χ3v) is 6.87. The van der Waals surface area contributed by atoms with Crippen LogP contribution in [0.3, 0.4) is 0 Å². The van der Waals surface area contributed by atoms with E-state index in [2.05, 4.69) is 10.2 Å². The van der Waals surface area contributed by atoms with Crippen molar-refractivity contribution in [1.82, 2.24) is 10.2 Å². The van der Waals surface area contributed by atoms with E-state index in [9.17, 15) is 9.59 Å². The van der Waals surface area contributed by atoms with E-state index in [-0.39, 0.29) is 17.4 Å². The number of para-hydroxylation sites is 1. The minimum absolute atomic E-state index is 0.0301. The normalized spacial score (nSPS) is 18.4. The van der Waals surface area contributed by atoms with Crippen LogP contribution in [0.2, 0.25) is 0 Å². The molecule has 0 aromatic heterocycles. The molecule has 4 rings (SSSR count). The van der Waals surface area contributed by atoms with Crippen LogP contribution in [0.25, 0.3) is 0 Å². The molecule has 176 valence electrons. The SMILES string of the molecule is COC(=O)c1ccc(C2(NC(=O)C3(N(C)CCOc4ccccc4)CCOCC3)CC2)cc1. The van der Waals surface area contributed by atoms with E-state index in [0.29, 0.717) is 44.8 Å². The highest BCUT2D eigenvalue weighted by molar-refractivity contribution is 5.89. The maximum Gasteiger partial charge on any atom is 0.337 e. The molecule has 33 heavy (non-hydrogen) atoms. The lowest BCUT2D eigenvalue weighted by Gasteiger charge is -2.43. The Kier molecular flexibility index (Phi) is 7.00.